The lowest BCUT2D eigenvalue weighted by atomic mass is 9.98. The van der Waals surface area contributed by atoms with Crippen LogP contribution in [-0.4, -0.2) is 16.4 Å². The van der Waals surface area contributed by atoms with E-state index in [9.17, 15) is 5.11 Å². The van der Waals surface area contributed by atoms with Gasteiger partial charge in [-0.25, -0.2) is 0 Å². The summed E-state index contributed by atoms with van der Waals surface area (Å²) in [7, 11) is -0.146. The minimum Gasteiger partial charge on any atom is -0.508 e. The summed E-state index contributed by atoms with van der Waals surface area (Å²) in [5.74, 6) is 0.325. The van der Waals surface area contributed by atoms with Crippen LogP contribution in [0.3, 0.4) is 0 Å². The molecule has 5 rings (SSSR count). The lowest BCUT2D eigenvalue weighted by Crippen LogP contribution is -2.27. The molecule has 1 nitrogen and oxygen atoms in total. The fraction of sp³-hybridized carbons (Fsp3) is 0.400. The summed E-state index contributed by atoms with van der Waals surface area (Å²) in [6, 6.07) is 25.9. The van der Waals surface area contributed by atoms with Crippen LogP contribution in [0, 0.1) is 0 Å². The van der Waals surface area contributed by atoms with E-state index in [1.807, 2.05) is 12.1 Å². The third-order valence-corrected chi connectivity index (χ3v) is 11.0. The van der Waals surface area contributed by atoms with Gasteiger partial charge in [0.05, 0.1) is 0 Å². The van der Waals surface area contributed by atoms with E-state index >= 15 is 0 Å². The van der Waals surface area contributed by atoms with Crippen molar-refractivity contribution >= 4 is 13.2 Å². The minimum atomic E-state index is -0.146. The Morgan fingerprint density at radius 1 is 0.562 bits per heavy atom. The molecule has 2 aliphatic carbocycles. The number of hydrogen-bond acceptors (Lipinski definition) is 1. The van der Waals surface area contributed by atoms with Crippen LogP contribution in [0.15, 0.2) is 72.8 Å². The second-order valence-electron chi connectivity index (χ2n) is 9.64. The summed E-state index contributed by atoms with van der Waals surface area (Å²) >= 11 is 0. The van der Waals surface area contributed by atoms with Gasteiger partial charge in [-0.1, -0.05) is 101 Å². The van der Waals surface area contributed by atoms with E-state index in [4.69, 9.17) is 0 Å². The Labute approximate surface area is 194 Å². The molecule has 3 aromatic carbocycles. The Bertz CT molecular complexity index is 1010. The second kappa shape index (κ2) is 10.2. The van der Waals surface area contributed by atoms with Gasteiger partial charge in [-0.2, -0.15) is 0 Å². The predicted octanol–water partition coefficient (Wildman–Crippen LogP) is 8.50. The zero-order chi connectivity index (χ0) is 21.8. The lowest BCUT2D eigenvalue weighted by molar-refractivity contribution is 0.475. The van der Waals surface area contributed by atoms with Crippen LogP contribution in [-0.2, 0) is 0 Å². The summed E-state index contributed by atoms with van der Waals surface area (Å²) in [5, 5.41) is 11.6. The van der Waals surface area contributed by atoms with Gasteiger partial charge in [0, 0.05) is 0 Å². The summed E-state index contributed by atoms with van der Waals surface area (Å²) < 4.78 is 0. The molecule has 0 radical (unpaired) electrons. The van der Waals surface area contributed by atoms with Gasteiger partial charge in [-0.05, 0) is 82.8 Å². The van der Waals surface area contributed by atoms with Crippen LogP contribution < -0.4 is 5.30 Å². The van der Waals surface area contributed by atoms with Gasteiger partial charge >= 0.3 is 0 Å². The average Bonchev–Trinajstić information content (AvgIpc) is 2.86. The van der Waals surface area contributed by atoms with Crippen LogP contribution in [0.1, 0.15) is 64.2 Å². The molecule has 0 aliphatic heterocycles. The van der Waals surface area contributed by atoms with Gasteiger partial charge in [0.25, 0.3) is 0 Å². The highest BCUT2D eigenvalue weighted by atomic mass is 31.1. The number of phenols is 1. The van der Waals surface area contributed by atoms with Crippen LogP contribution in [0.2, 0.25) is 0 Å². The van der Waals surface area contributed by atoms with Crippen LogP contribution in [0.5, 0.6) is 5.75 Å². The van der Waals surface area contributed by atoms with Crippen molar-refractivity contribution in [2.75, 3.05) is 0 Å². The molecule has 0 saturated heterocycles. The van der Waals surface area contributed by atoms with Crippen LogP contribution >= 0.6 is 7.92 Å². The average molecular weight is 443 g/mol. The lowest BCUT2D eigenvalue weighted by Gasteiger charge is -2.39. The van der Waals surface area contributed by atoms with Crippen molar-refractivity contribution in [2.24, 2.45) is 0 Å². The normalized spacial score (nSPS) is 18.2. The Balaban J connectivity index is 1.55. The number of phenolic OH excluding ortho intramolecular Hbond substituents is 1. The maximum absolute atomic E-state index is 9.97. The molecule has 0 spiro atoms. The monoisotopic (exact) mass is 442 g/mol. The molecule has 0 atom stereocenters. The Kier molecular flexibility index (Phi) is 6.94. The van der Waals surface area contributed by atoms with E-state index in [-0.39, 0.29) is 7.92 Å². The molecule has 1 N–H and O–H groups in total. The third-order valence-electron chi connectivity index (χ3n) is 7.47. The first kappa shape index (κ1) is 21.7. The summed E-state index contributed by atoms with van der Waals surface area (Å²) in [6.07, 6.45) is 14.3. The zero-order valence-electron chi connectivity index (χ0n) is 19.0. The summed E-state index contributed by atoms with van der Waals surface area (Å²) in [6.45, 7) is 0. The van der Waals surface area contributed by atoms with Crippen LogP contribution in [0.25, 0.3) is 22.3 Å². The second-order valence-corrected chi connectivity index (χ2v) is 12.4. The van der Waals surface area contributed by atoms with Crippen molar-refractivity contribution in [3.63, 3.8) is 0 Å². The first-order chi connectivity index (χ1) is 15.8. The highest BCUT2D eigenvalue weighted by molar-refractivity contribution is 7.67. The molecule has 0 bridgehead atoms. The molecule has 3 aromatic rings. The molecule has 2 saturated carbocycles. The van der Waals surface area contributed by atoms with Crippen molar-refractivity contribution < 1.29 is 5.11 Å². The quantitative estimate of drug-likeness (QED) is 0.393. The molecule has 2 heteroatoms. The maximum Gasteiger partial charge on any atom is 0.116 e. The van der Waals surface area contributed by atoms with Gasteiger partial charge in [0.15, 0.2) is 0 Å². The van der Waals surface area contributed by atoms with Crippen molar-refractivity contribution in [3.8, 4) is 28.0 Å². The number of hydrogen-bond donors (Lipinski definition) is 1. The summed E-state index contributed by atoms with van der Waals surface area (Å²) in [5.41, 5.74) is 6.81. The van der Waals surface area contributed by atoms with Crippen molar-refractivity contribution in [3.05, 3.63) is 72.8 Å². The zero-order valence-corrected chi connectivity index (χ0v) is 19.9. The van der Waals surface area contributed by atoms with E-state index in [0.29, 0.717) is 5.75 Å². The van der Waals surface area contributed by atoms with Gasteiger partial charge in [-0.15, -0.1) is 0 Å². The van der Waals surface area contributed by atoms with Gasteiger partial charge in [0.2, 0.25) is 0 Å². The first-order valence-electron chi connectivity index (χ1n) is 12.6. The molecule has 0 amide bonds. The Morgan fingerprint density at radius 2 is 1.12 bits per heavy atom. The smallest absolute Gasteiger partial charge is 0.116 e. The van der Waals surface area contributed by atoms with Crippen molar-refractivity contribution in [1.82, 2.24) is 0 Å². The van der Waals surface area contributed by atoms with E-state index in [0.717, 1.165) is 16.9 Å². The topological polar surface area (TPSA) is 20.2 Å². The fourth-order valence-electron chi connectivity index (χ4n) is 5.90. The molecular weight excluding hydrogens is 407 g/mol. The summed E-state index contributed by atoms with van der Waals surface area (Å²) in [4.78, 5) is 0. The highest BCUT2D eigenvalue weighted by Gasteiger charge is 2.33. The predicted molar refractivity (Wildman–Crippen MR) is 139 cm³/mol. The van der Waals surface area contributed by atoms with Crippen LogP contribution in [0.4, 0.5) is 0 Å². The maximum atomic E-state index is 9.97. The van der Waals surface area contributed by atoms with Gasteiger partial charge in [-0.3, -0.25) is 0 Å². The largest absolute Gasteiger partial charge is 0.508 e. The van der Waals surface area contributed by atoms with Gasteiger partial charge in [0.1, 0.15) is 5.75 Å². The minimum absolute atomic E-state index is 0.146. The first-order valence-corrected chi connectivity index (χ1v) is 14.0. The standard InChI is InChI=1S/C30H35OP/c31-26-14-10-12-24(22-26)23-11-9-13-25(21-23)29-19-7-8-20-30(29)32(27-15-3-1-4-16-27)28-17-5-2-6-18-28/h7-14,19-22,27-28,31H,1-6,15-18H2. The van der Waals surface area contributed by atoms with E-state index in [2.05, 4.69) is 54.6 Å². The molecule has 2 fully saturated rings. The van der Waals surface area contributed by atoms with Gasteiger partial charge < -0.3 is 5.11 Å². The number of aromatic hydroxyl groups is 1. The molecule has 166 valence electrons. The number of rotatable bonds is 5. The fourth-order valence-corrected chi connectivity index (χ4v) is 9.87. The Morgan fingerprint density at radius 3 is 1.78 bits per heavy atom. The molecule has 2 aliphatic rings. The van der Waals surface area contributed by atoms with Crippen molar-refractivity contribution in [2.45, 2.75) is 75.5 Å². The molecule has 32 heavy (non-hydrogen) atoms. The highest BCUT2D eigenvalue weighted by Crippen LogP contribution is 2.56. The number of benzene rings is 3. The molecular formula is C30H35OP. The van der Waals surface area contributed by atoms with Crippen molar-refractivity contribution in [1.29, 1.82) is 0 Å². The Hall–Kier alpha value is -2.11. The van der Waals surface area contributed by atoms with E-state index < -0.39 is 0 Å². The molecule has 0 aromatic heterocycles. The van der Waals surface area contributed by atoms with E-state index in [1.54, 1.807) is 11.4 Å². The van der Waals surface area contributed by atoms with E-state index in [1.165, 1.54) is 80.9 Å². The molecule has 0 unspecified atom stereocenters. The molecule has 0 heterocycles. The SMILES string of the molecule is Oc1cccc(-c2cccc(-c3ccccc3P(C3CCCCC3)C3CCCCC3)c2)c1. The third kappa shape index (κ3) is 4.79.